The highest BCUT2D eigenvalue weighted by Crippen LogP contribution is 2.20. The third-order valence-corrected chi connectivity index (χ3v) is 5.28. The Morgan fingerprint density at radius 1 is 1.29 bits per heavy atom. The van der Waals surface area contributed by atoms with Crippen molar-refractivity contribution in [2.24, 2.45) is 11.7 Å². The molecule has 2 aromatic rings. The summed E-state index contributed by atoms with van der Waals surface area (Å²) >= 11 is 1.66. The molecule has 7 nitrogen and oxygen atoms in total. The highest BCUT2D eigenvalue weighted by molar-refractivity contribution is 7.09. The lowest BCUT2D eigenvalue weighted by Crippen LogP contribution is -2.45. The Morgan fingerprint density at radius 2 is 2.00 bits per heavy atom. The van der Waals surface area contributed by atoms with Crippen LogP contribution in [0.5, 0.6) is 0 Å². The van der Waals surface area contributed by atoms with Crippen LogP contribution in [0.25, 0.3) is 0 Å². The molecule has 2 heterocycles. The van der Waals surface area contributed by atoms with Crippen LogP contribution in [-0.2, 0) is 16.1 Å². The molecule has 1 unspecified atom stereocenters. The zero-order valence-electron chi connectivity index (χ0n) is 16.7. The summed E-state index contributed by atoms with van der Waals surface area (Å²) in [6, 6.07) is 4.19. The number of ether oxygens (including phenoxy) is 1. The molecule has 0 spiro atoms. The number of nitrogens with one attached hydrogen (secondary N) is 1. The number of thiophene rings is 1. The molecule has 0 saturated carbocycles. The second kappa shape index (κ2) is 9.54. The average Bonchev–Trinajstić information content (AvgIpc) is 3.21. The molecule has 152 valence electrons. The van der Waals surface area contributed by atoms with Gasteiger partial charge in [-0.25, -0.2) is 9.59 Å². The average molecular weight is 406 g/mol. The van der Waals surface area contributed by atoms with Crippen molar-refractivity contribution >= 4 is 29.1 Å². The van der Waals surface area contributed by atoms with Crippen molar-refractivity contribution in [2.75, 3.05) is 6.61 Å². The molecule has 0 aliphatic heterocycles. The van der Waals surface area contributed by atoms with Gasteiger partial charge in [0.25, 0.3) is 0 Å². The van der Waals surface area contributed by atoms with Crippen LogP contribution in [0, 0.1) is 19.8 Å². The summed E-state index contributed by atoms with van der Waals surface area (Å²) in [5.41, 5.74) is 7.46. The van der Waals surface area contributed by atoms with Crippen molar-refractivity contribution in [2.45, 2.75) is 46.7 Å². The van der Waals surface area contributed by atoms with E-state index in [1.807, 2.05) is 51.3 Å². The number of aromatic nitrogens is 1. The summed E-state index contributed by atoms with van der Waals surface area (Å²) < 4.78 is 7.23. The predicted molar refractivity (Wildman–Crippen MR) is 109 cm³/mol. The second-order valence-corrected chi connectivity index (χ2v) is 8.20. The van der Waals surface area contributed by atoms with Crippen molar-refractivity contribution in [3.05, 3.63) is 45.4 Å². The standard InChI is InChI=1S/C20H27N3O4S/c1-12(2)8-17(22-20(21)26)19(25)27-11-18(24)16-9-13(3)23(14(16)4)10-15-6-5-7-28-15/h5-7,9,12,17H,8,10-11H2,1-4H3,(H3,21,22,26). The summed E-state index contributed by atoms with van der Waals surface area (Å²) in [7, 11) is 0. The van der Waals surface area contributed by atoms with E-state index in [0.717, 1.165) is 11.4 Å². The number of aryl methyl sites for hydroxylation is 1. The van der Waals surface area contributed by atoms with Crippen LogP contribution in [0.2, 0.25) is 0 Å². The number of amides is 2. The monoisotopic (exact) mass is 405 g/mol. The third kappa shape index (κ3) is 5.69. The first kappa shape index (κ1) is 21.7. The Hall–Kier alpha value is -2.61. The molecule has 0 radical (unpaired) electrons. The molecule has 0 aliphatic carbocycles. The summed E-state index contributed by atoms with van der Waals surface area (Å²) in [5, 5.41) is 4.39. The lowest BCUT2D eigenvalue weighted by molar-refractivity contribution is -0.145. The maximum atomic E-state index is 12.6. The number of nitrogens with two attached hydrogens (primary N) is 1. The zero-order valence-corrected chi connectivity index (χ0v) is 17.5. The highest BCUT2D eigenvalue weighted by atomic mass is 32.1. The number of carbonyl (C=O) groups is 3. The normalized spacial score (nSPS) is 12.0. The van der Waals surface area contributed by atoms with Gasteiger partial charge in [0.1, 0.15) is 6.04 Å². The van der Waals surface area contributed by atoms with Crippen molar-refractivity contribution in [3.63, 3.8) is 0 Å². The second-order valence-electron chi connectivity index (χ2n) is 7.17. The molecule has 0 fully saturated rings. The fraction of sp³-hybridized carbons (Fsp3) is 0.450. The topological polar surface area (TPSA) is 103 Å². The quantitative estimate of drug-likeness (QED) is 0.494. The lowest BCUT2D eigenvalue weighted by Gasteiger charge is -2.18. The first-order chi connectivity index (χ1) is 13.2. The number of hydrogen-bond acceptors (Lipinski definition) is 5. The number of hydrogen-bond donors (Lipinski definition) is 2. The van der Waals surface area contributed by atoms with Gasteiger partial charge in [-0.05, 0) is 43.7 Å². The number of rotatable bonds is 9. The van der Waals surface area contributed by atoms with E-state index in [1.54, 1.807) is 11.3 Å². The van der Waals surface area contributed by atoms with Crippen LogP contribution in [0.4, 0.5) is 4.79 Å². The van der Waals surface area contributed by atoms with Gasteiger partial charge >= 0.3 is 12.0 Å². The van der Waals surface area contributed by atoms with Crippen LogP contribution in [-0.4, -0.2) is 35.0 Å². The van der Waals surface area contributed by atoms with Crippen LogP contribution < -0.4 is 11.1 Å². The number of nitrogens with zero attached hydrogens (tertiary/aromatic N) is 1. The maximum Gasteiger partial charge on any atom is 0.329 e. The summed E-state index contributed by atoms with van der Waals surface area (Å²) in [6.45, 7) is 7.97. The molecule has 2 amide bonds. The Labute approximate surface area is 168 Å². The van der Waals surface area contributed by atoms with Crippen molar-refractivity contribution < 1.29 is 19.1 Å². The molecule has 8 heteroatoms. The van der Waals surface area contributed by atoms with E-state index in [-0.39, 0.29) is 18.3 Å². The van der Waals surface area contributed by atoms with E-state index in [1.165, 1.54) is 4.88 Å². The molecular formula is C20H27N3O4S. The van der Waals surface area contributed by atoms with Crippen LogP contribution in [0.1, 0.15) is 46.9 Å². The number of primary amides is 1. The van der Waals surface area contributed by atoms with E-state index in [9.17, 15) is 14.4 Å². The summed E-state index contributed by atoms with van der Waals surface area (Å²) in [4.78, 5) is 37.2. The van der Waals surface area contributed by atoms with Gasteiger partial charge in [0.05, 0.1) is 6.54 Å². The highest BCUT2D eigenvalue weighted by Gasteiger charge is 2.24. The minimum Gasteiger partial charge on any atom is -0.456 e. The molecule has 3 N–H and O–H groups in total. The summed E-state index contributed by atoms with van der Waals surface area (Å²) in [6.07, 6.45) is 0.380. The predicted octanol–water partition coefficient (Wildman–Crippen LogP) is 3.02. The molecule has 2 rings (SSSR count). The van der Waals surface area contributed by atoms with Crippen molar-refractivity contribution in [1.82, 2.24) is 9.88 Å². The number of urea groups is 1. The number of esters is 1. The zero-order chi connectivity index (χ0) is 20.8. The van der Waals surface area contributed by atoms with Gasteiger partial charge in [0.2, 0.25) is 5.78 Å². The van der Waals surface area contributed by atoms with Crippen LogP contribution in [0.3, 0.4) is 0 Å². The van der Waals surface area contributed by atoms with Gasteiger partial charge < -0.3 is 20.4 Å². The first-order valence-corrected chi connectivity index (χ1v) is 10.0. The van der Waals surface area contributed by atoms with E-state index < -0.39 is 18.0 Å². The van der Waals surface area contributed by atoms with Gasteiger partial charge in [-0.1, -0.05) is 19.9 Å². The minimum absolute atomic E-state index is 0.149. The Kier molecular flexibility index (Phi) is 7.39. The van der Waals surface area contributed by atoms with E-state index in [0.29, 0.717) is 18.5 Å². The number of Topliss-reactive ketones (excluding diaryl/α,β-unsaturated/α-hetero) is 1. The number of carbonyl (C=O) groups excluding carboxylic acids is 3. The smallest absolute Gasteiger partial charge is 0.329 e. The largest absolute Gasteiger partial charge is 0.456 e. The van der Waals surface area contributed by atoms with E-state index >= 15 is 0 Å². The van der Waals surface area contributed by atoms with Crippen LogP contribution >= 0.6 is 11.3 Å². The first-order valence-electron chi connectivity index (χ1n) is 9.14. The summed E-state index contributed by atoms with van der Waals surface area (Å²) in [5.74, 6) is -0.786. The molecule has 0 saturated heterocycles. The Morgan fingerprint density at radius 3 is 2.57 bits per heavy atom. The molecule has 0 bridgehead atoms. The fourth-order valence-corrected chi connectivity index (χ4v) is 3.75. The Bertz CT molecular complexity index is 840. The van der Waals surface area contributed by atoms with Crippen molar-refractivity contribution in [1.29, 1.82) is 0 Å². The molecular weight excluding hydrogens is 378 g/mol. The molecule has 2 aromatic heterocycles. The van der Waals surface area contributed by atoms with Gasteiger partial charge in [0, 0.05) is 21.8 Å². The van der Waals surface area contributed by atoms with Crippen molar-refractivity contribution in [3.8, 4) is 0 Å². The molecule has 28 heavy (non-hydrogen) atoms. The van der Waals surface area contributed by atoms with E-state index in [2.05, 4.69) is 9.88 Å². The van der Waals surface area contributed by atoms with Gasteiger partial charge in [-0.15, -0.1) is 11.3 Å². The van der Waals surface area contributed by atoms with Gasteiger partial charge in [-0.2, -0.15) is 0 Å². The molecule has 0 aromatic carbocycles. The maximum absolute atomic E-state index is 12.6. The van der Waals surface area contributed by atoms with E-state index in [4.69, 9.17) is 10.5 Å². The number of ketones is 1. The van der Waals surface area contributed by atoms with Gasteiger partial charge in [0.15, 0.2) is 6.61 Å². The minimum atomic E-state index is -0.864. The SMILES string of the molecule is Cc1cc(C(=O)COC(=O)C(CC(C)C)NC(N)=O)c(C)n1Cc1cccs1. The fourth-order valence-electron chi connectivity index (χ4n) is 3.06. The Balaban J connectivity index is 2.04. The molecule has 1 atom stereocenters. The molecule has 0 aliphatic rings. The van der Waals surface area contributed by atoms with Crippen LogP contribution in [0.15, 0.2) is 23.6 Å². The third-order valence-electron chi connectivity index (χ3n) is 4.42. The van der Waals surface area contributed by atoms with Gasteiger partial charge in [-0.3, -0.25) is 4.79 Å². The lowest BCUT2D eigenvalue weighted by atomic mass is 10.0.